The molecule has 0 bridgehead atoms. The van der Waals surface area contributed by atoms with Crippen molar-refractivity contribution in [3.05, 3.63) is 0 Å². The first kappa shape index (κ1) is 16.9. The normalized spacial score (nSPS) is 16.9. The van der Waals surface area contributed by atoms with E-state index in [1.54, 1.807) is 14.2 Å². The molecule has 0 aromatic carbocycles. The molecule has 104 valence electrons. The van der Waals surface area contributed by atoms with Crippen LogP contribution in [0.5, 0.6) is 0 Å². The van der Waals surface area contributed by atoms with Crippen LogP contribution in [0.4, 0.5) is 0 Å². The third-order valence-corrected chi connectivity index (χ3v) is 2.87. The van der Waals surface area contributed by atoms with Crippen molar-refractivity contribution in [2.24, 2.45) is 10.8 Å². The Morgan fingerprint density at radius 2 is 1.00 bits per heavy atom. The smallest absolute Gasteiger partial charge is 0.0601 e. The molecule has 17 heavy (non-hydrogen) atoms. The average molecular weight is 244 g/mol. The standard InChI is InChI=1S/C15H32O2/c1-14(2,3)10-12(16-7)9-13(17-8)11-15(4,5)6/h12-13H,9-11H2,1-8H3. The van der Waals surface area contributed by atoms with Crippen LogP contribution in [0.1, 0.15) is 60.8 Å². The Kier molecular flexibility index (Phi) is 6.71. The fraction of sp³-hybridized carbons (Fsp3) is 1.00. The number of hydrogen-bond acceptors (Lipinski definition) is 2. The lowest BCUT2D eigenvalue weighted by molar-refractivity contribution is -0.00935. The van der Waals surface area contributed by atoms with Crippen molar-refractivity contribution in [3.63, 3.8) is 0 Å². The molecule has 0 saturated carbocycles. The van der Waals surface area contributed by atoms with E-state index in [4.69, 9.17) is 9.47 Å². The Bertz CT molecular complexity index is 176. The Balaban J connectivity index is 4.32. The van der Waals surface area contributed by atoms with E-state index >= 15 is 0 Å². The monoisotopic (exact) mass is 244 g/mol. The van der Waals surface area contributed by atoms with E-state index in [0.717, 1.165) is 19.3 Å². The molecule has 2 atom stereocenters. The SMILES string of the molecule is COC(CC(CC(C)(C)C)OC)CC(C)(C)C. The maximum absolute atomic E-state index is 5.59. The van der Waals surface area contributed by atoms with Gasteiger partial charge >= 0.3 is 0 Å². The molecular formula is C15H32O2. The summed E-state index contributed by atoms with van der Waals surface area (Å²) in [5, 5.41) is 0. The molecule has 0 rings (SSSR count). The minimum Gasteiger partial charge on any atom is -0.381 e. The molecule has 0 N–H and O–H groups in total. The molecule has 2 nitrogen and oxygen atoms in total. The van der Waals surface area contributed by atoms with Crippen molar-refractivity contribution < 1.29 is 9.47 Å². The zero-order chi connectivity index (χ0) is 13.7. The zero-order valence-corrected chi connectivity index (χ0v) is 13.1. The lowest BCUT2D eigenvalue weighted by atomic mass is 9.84. The lowest BCUT2D eigenvalue weighted by Crippen LogP contribution is -2.28. The summed E-state index contributed by atoms with van der Waals surface area (Å²) in [6, 6.07) is 0. The van der Waals surface area contributed by atoms with Crippen LogP contribution in [0.25, 0.3) is 0 Å². The van der Waals surface area contributed by atoms with Gasteiger partial charge in [-0.3, -0.25) is 0 Å². The summed E-state index contributed by atoms with van der Waals surface area (Å²) in [4.78, 5) is 0. The third-order valence-electron chi connectivity index (χ3n) is 2.87. The second-order valence-corrected chi connectivity index (χ2v) is 7.48. The van der Waals surface area contributed by atoms with Crippen LogP contribution in [-0.4, -0.2) is 26.4 Å². The van der Waals surface area contributed by atoms with Gasteiger partial charge in [0, 0.05) is 14.2 Å². The van der Waals surface area contributed by atoms with Gasteiger partial charge in [-0.15, -0.1) is 0 Å². The van der Waals surface area contributed by atoms with E-state index in [2.05, 4.69) is 41.5 Å². The highest BCUT2D eigenvalue weighted by Gasteiger charge is 2.25. The van der Waals surface area contributed by atoms with Crippen LogP contribution >= 0.6 is 0 Å². The second kappa shape index (κ2) is 6.75. The Morgan fingerprint density at radius 3 is 1.18 bits per heavy atom. The molecule has 0 fully saturated rings. The van der Waals surface area contributed by atoms with Gasteiger partial charge in [0.25, 0.3) is 0 Å². The van der Waals surface area contributed by atoms with Gasteiger partial charge in [-0.1, -0.05) is 41.5 Å². The lowest BCUT2D eigenvalue weighted by Gasteiger charge is -2.30. The molecule has 0 aliphatic heterocycles. The summed E-state index contributed by atoms with van der Waals surface area (Å²) < 4.78 is 11.2. The van der Waals surface area contributed by atoms with Gasteiger partial charge in [-0.25, -0.2) is 0 Å². The van der Waals surface area contributed by atoms with Crippen LogP contribution < -0.4 is 0 Å². The summed E-state index contributed by atoms with van der Waals surface area (Å²) in [7, 11) is 3.61. The van der Waals surface area contributed by atoms with Gasteiger partial charge in [-0.2, -0.15) is 0 Å². The van der Waals surface area contributed by atoms with Crippen LogP contribution in [0.3, 0.4) is 0 Å². The summed E-state index contributed by atoms with van der Waals surface area (Å²) in [5.74, 6) is 0. The molecule has 0 spiro atoms. The Hall–Kier alpha value is -0.0800. The molecule has 0 saturated heterocycles. The van der Waals surface area contributed by atoms with E-state index < -0.39 is 0 Å². The fourth-order valence-electron chi connectivity index (χ4n) is 2.19. The van der Waals surface area contributed by atoms with E-state index in [9.17, 15) is 0 Å². The molecule has 2 heteroatoms. The van der Waals surface area contributed by atoms with E-state index in [-0.39, 0.29) is 0 Å². The minimum absolute atomic E-state index is 0.294. The molecule has 0 aliphatic carbocycles. The molecule has 0 aromatic heterocycles. The molecular weight excluding hydrogens is 212 g/mol. The van der Waals surface area contributed by atoms with Crippen molar-refractivity contribution in [2.75, 3.05) is 14.2 Å². The third kappa shape index (κ3) is 9.61. The van der Waals surface area contributed by atoms with Gasteiger partial charge in [-0.05, 0) is 30.1 Å². The largest absolute Gasteiger partial charge is 0.381 e. The first-order chi connectivity index (χ1) is 7.57. The van der Waals surface area contributed by atoms with Gasteiger partial charge in [0.2, 0.25) is 0 Å². The van der Waals surface area contributed by atoms with Gasteiger partial charge in [0.15, 0.2) is 0 Å². The topological polar surface area (TPSA) is 18.5 Å². The average Bonchev–Trinajstić information content (AvgIpc) is 2.11. The molecule has 2 unspecified atom stereocenters. The van der Waals surface area contributed by atoms with E-state index in [0.29, 0.717) is 23.0 Å². The first-order valence-electron chi connectivity index (χ1n) is 6.63. The Morgan fingerprint density at radius 1 is 0.706 bits per heavy atom. The summed E-state index contributed by atoms with van der Waals surface area (Å²) >= 11 is 0. The summed E-state index contributed by atoms with van der Waals surface area (Å²) in [6.07, 6.45) is 3.73. The van der Waals surface area contributed by atoms with Crippen molar-refractivity contribution in [1.29, 1.82) is 0 Å². The number of methoxy groups -OCH3 is 2. The molecule has 0 radical (unpaired) electrons. The molecule has 0 aromatic rings. The molecule has 0 heterocycles. The number of ether oxygens (including phenoxy) is 2. The number of rotatable bonds is 6. The van der Waals surface area contributed by atoms with Crippen LogP contribution in [0.15, 0.2) is 0 Å². The van der Waals surface area contributed by atoms with Crippen molar-refractivity contribution in [1.82, 2.24) is 0 Å². The highest BCUT2D eigenvalue weighted by Crippen LogP contribution is 2.29. The van der Waals surface area contributed by atoms with Crippen molar-refractivity contribution >= 4 is 0 Å². The van der Waals surface area contributed by atoms with Crippen LogP contribution in [0.2, 0.25) is 0 Å². The number of hydrogen-bond donors (Lipinski definition) is 0. The van der Waals surface area contributed by atoms with Gasteiger partial charge in [0.05, 0.1) is 12.2 Å². The van der Waals surface area contributed by atoms with E-state index in [1.165, 1.54) is 0 Å². The fourth-order valence-corrected chi connectivity index (χ4v) is 2.19. The Labute approximate surface area is 108 Å². The van der Waals surface area contributed by atoms with Crippen molar-refractivity contribution in [3.8, 4) is 0 Å². The predicted octanol–water partition coefficient (Wildman–Crippen LogP) is 4.28. The van der Waals surface area contributed by atoms with E-state index in [1.807, 2.05) is 0 Å². The maximum Gasteiger partial charge on any atom is 0.0601 e. The zero-order valence-electron chi connectivity index (χ0n) is 13.1. The maximum atomic E-state index is 5.59. The van der Waals surface area contributed by atoms with Gasteiger partial charge < -0.3 is 9.47 Å². The second-order valence-electron chi connectivity index (χ2n) is 7.48. The molecule has 0 aliphatic rings. The highest BCUT2D eigenvalue weighted by atomic mass is 16.5. The van der Waals surface area contributed by atoms with Gasteiger partial charge in [0.1, 0.15) is 0 Å². The quantitative estimate of drug-likeness (QED) is 0.694. The van der Waals surface area contributed by atoms with Crippen molar-refractivity contribution in [2.45, 2.75) is 73.0 Å². The minimum atomic E-state index is 0.294. The van der Waals surface area contributed by atoms with Crippen LogP contribution in [0, 0.1) is 10.8 Å². The molecule has 0 amide bonds. The summed E-state index contributed by atoms with van der Waals surface area (Å²) in [5.41, 5.74) is 0.613. The highest BCUT2D eigenvalue weighted by molar-refractivity contribution is 4.76. The first-order valence-corrected chi connectivity index (χ1v) is 6.63. The predicted molar refractivity (Wildman–Crippen MR) is 74.4 cm³/mol. The summed E-state index contributed by atoms with van der Waals surface area (Å²) in [6.45, 7) is 13.5. The van der Waals surface area contributed by atoms with Crippen LogP contribution in [-0.2, 0) is 9.47 Å².